The molecule has 0 fully saturated rings. The molecule has 0 saturated heterocycles. The van der Waals surface area contributed by atoms with E-state index < -0.39 is 0 Å². The molecule has 0 bridgehead atoms. The van der Waals surface area contributed by atoms with Crippen molar-refractivity contribution in [1.29, 1.82) is 0 Å². The van der Waals surface area contributed by atoms with Gasteiger partial charge in [-0.3, -0.25) is 4.79 Å². The summed E-state index contributed by atoms with van der Waals surface area (Å²) < 4.78 is 0. The van der Waals surface area contributed by atoms with E-state index in [1.165, 1.54) is 0 Å². The van der Waals surface area contributed by atoms with Crippen molar-refractivity contribution in [2.45, 2.75) is 6.42 Å². The van der Waals surface area contributed by atoms with Gasteiger partial charge in [-0.15, -0.1) is 0 Å². The van der Waals surface area contributed by atoms with Gasteiger partial charge in [0, 0.05) is 22.6 Å². The zero-order chi connectivity index (χ0) is 8.55. The van der Waals surface area contributed by atoms with Crippen molar-refractivity contribution < 1.29 is 4.79 Å². The zero-order valence-electron chi connectivity index (χ0n) is 6.38. The molecule has 12 heavy (non-hydrogen) atoms. The quantitative estimate of drug-likeness (QED) is 0.597. The first-order chi connectivity index (χ1) is 5.79. The van der Waals surface area contributed by atoms with E-state index in [1.807, 2.05) is 24.3 Å². The first-order valence-corrected chi connectivity index (χ1v) is 4.15. The van der Waals surface area contributed by atoms with Crippen LogP contribution in [0.25, 0.3) is 5.03 Å². The third-order valence-electron chi connectivity index (χ3n) is 1.95. The van der Waals surface area contributed by atoms with Gasteiger partial charge in [0.2, 0.25) is 0 Å². The number of halogens is 1. The van der Waals surface area contributed by atoms with Crippen LogP contribution in [0.4, 0.5) is 0 Å². The van der Waals surface area contributed by atoms with Crippen LogP contribution in [-0.4, -0.2) is 5.78 Å². The third kappa shape index (κ3) is 1.07. The van der Waals surface area contributed by atoms with Gasteiger partial charge in [-0.05, 0) is 0 Å². The molecular weight excluding hydrogens is 172 g/mol. The fraction of sp³-hybridized carbons (Fsp3) is 0.100. The fourth-order valence-electron chi connectivity index (χ4n) is 1.34. The predicted octanol–water partition coefficient (Wildman–Crippen LogP) is 2.85. The van der Waals surface area contributed by atoms with Crippen LogP contribution in [0.1, 0.15) is 22.3 Å². The fourth-order valence-corrected chi connectivity index (χ4v) is 1.58. The van der Waals surface area contributed by atoms with Crippen molar-refractivity contribution in [3.05, 3.63) is 41.5 Å². The van der Waals surface area contributed by atoms with Crippen LogP contribution >= 0.6 is 11.6 Å². The molecule has 0 N–H and O–H groups in total. The molecule has 1 aliphatic carbocycles. The molecule has 1 aliphatic rings. The van der Waals surface area contributed by atoms with Crippen molar-refractivity contribution in [1.82, 2.24) is 0 Å². The lowest BCUT2D eigenvalue weighted by Crippen LogP contribution is -2.05. The second-order valence-electron chi connectivity index (χ2n) is 2.72. The molecule has 1 aromatic carbocycles. The van der Waals surface area contributed by atoms with Gasteiger partial charge in [0.15, 0.2) is 5.78 Å². The number of fused-ring (bicyclic) bond motifs is 1. The number of hydrogen-bond donors (Lipinski definition) is 0. The minimum absolute atomic E-state index is 0.148. The van der Waals surface area contributed by atoms with E-state index in [4.69, 9.17) is 11.6 Å². The monoisotopic (exact) mass is 178 g/mol. The van der Waals surface area contributed by atoms with Gasteiger partial charge in [0.25, 0.3) is 0 Å². The van der Waals surface area contributed by atoms with E-state index in [0.717, 1.165) is 11.1 Å². The first kappa shape index (κ1) is 7.56. The number of benzene rings is 1. The summed E-state index contributed by atoms with van der Waals surface area (Å²) in [6.45, 7) is 0. The second-order valence-corrected chi connectivity index (χ2v) is 3.13. The van der Waals surface area contributed by atoms with Crippen molar-refractivity contribution in [3.63, 3.8) is 0 Å². The molecule has 0 atom stereocenters. The lowest BCUT2D eigenvalue weighted by Gasteiger charge is -2.11. The van der Waals surface area contributed by atoms with Crippen LogP contribution in [-0.2, 0) is 0 Å². The lowest BCUT2D eigenvalue weighted by molar-refractivity contribution is 0.0994. The van der Waals surface area contributed by atoms with Gasteiger partial charge < -0.3 is 0 Å². The van der Waals surface area contributed by atoms with Gasteiger partial charge >= 0.3 is 0 Å². The maximum absolute atomic E-state index is 11.3. The summed E-state index contributed by atoms with van der Waals surface area (Å²) in [6.07, 6.45) is 2.18. The minimum Gasteiger partial charge on any atom is -0.294 e. The van der Waals surface area contributed by atoms with Crippen molar-refractivity contribution >= 4 is 22.4 Å². The Hall–Kier alpha value is -1.08. The highest BCUT2D eigenvalue weighted by Gasteiger charge is 2.16. The van der Waals surface area contributed by atoms with Gasteiger partial charge in [-0.25, -0.2) is 0 Å². The highest BCUT2D eigenvalue weighted by molar-refractivity contribution is 6.50. The summed E-state index contributed by atoms with van der Waals surface area (Å²) >= 11 is 5.92. The van der Waals surface area contributed by atoms with Crippen molar-refractivity contribution in [2.24, 2.45) is 0 Å². The Kier molecular flexibility index (Phi) is 1.74. The molecule has 2 heteroatoms. The summed E-state index contributed by atoms with van der Waals surface area (Å²) in [5, 5.41) is 0.685. The molecule has 0 amide bonds. The Morgan fingerprint density at radius 2 is 1.83 bits per heavy atom. The van der Waals surface area contributed by atoms with Crippen LogP contribution in [0.5, 0.6) is 0 Å². The first-order valence-electron chi connectivity index (χ1n) is 3.77. The summed E-state index contributed by atoms with van der Waals surface area (Å²) in [6, 6.07) is 7.41. The molecule has 1 nitrogen and oxygen atoms in total. The molecular formula is C10H7ClO. The van der Waals surface area contributed by atoms with E-state index in [9.17, 15) is 4.79 Å². The molecule has 0 heterocycles. The maximum atomic E-state index is 11.3. The standard InChI is InChI=1S/C10H7ClO/c11-9-5-6-10(12)8-4-2-1-3-7(8)9/h1-5H,6H2. The molecule has 0 aliphatic heterocycles. The average molecular weight is 179 g/mol. The van der Waals surface area contributed by atoms with Crippen LogP contribution < -0.4 is 0 Å². The van der Waals surface area contributed by atoms with Crippen LogP contribution in [0.15, 0.2) is 30.3 Å². The highest BCUT2D eigenvalue weighted by atomic mass is 35.5. The number of ketones is 1. The highest BCUT2D eigenvalue weighted by Crippen LogP contribution is 2.28. The van der Waals surface area contributed by atoms with Gasteiger partial charge in [-0.2, -0.15) is 0 Å². The number of Topliss-reactive ketones (excluding diaryl/α,β-unsaturated/α-hetero) is 1. The SMILES string of the molecule is O=C1CC=C(Cl)c2ccccc21. The number of rotatable bonds is 0. The Balaban J connectivity index is 2.66. The molecule has 1 aromatic rings. The van der Waals surface area contributed by atoms with Crippen LogP contribution in [0.2, 0.25) is 0 Å². The molecule has 0 saturated carbocycles. The van der Waals surface area contributed by atoms with Crippen molar-refractivity contribution in [3.8, 4) is 0 Å². The number of carbonyl (C=O) groups excluding carboxylic acids is 1. The third-order valence-corrected chi connectivity index (χ3v) is 2.31. The van der Waals surface area contributed by atoms with E-state index >= 15 is 0 Å². The Labute approximate surface area is 75.7 Å². The van der Waals surface area contributed by atoms with E-state index in [-0.39, 0.29) is 5.78 Å². The molecule has 0 radical (unpaired) electrons. The molecule has 0 aromatic heterocycles. The van der Waals surface area contributed by atoms with Gasteiger partial charge in [0.05, 0.1) is 0 Å². The normalized spacial score (nSPS) is 15.4. The average Bonchev–Trinajstić information content (AvgIpc) is 2.12. The topological polar surface area (TPSA) is 17.1 Å². The van der Waals surface area contributed by atoms with Crippen LogP contribution in [0.3, 0.4) is 0 Å². The molecule has 60 valence electrons. The number of allylic oxidation sites excluding steroid dienone is 1. The number of carbonyl (C=O) groups is 1. The Morgan fingerprint density at radius 3 is 2.50 bits per heavy atom. The van der Waals surface area contributed by atoms with E-state index in [2.05, 4.69) is 0 Å². The summed E-state index contributed by atoms with van der Waals surface area (Å²) in [5.74, 6) is 0.148. The summed E-state index contributed by atoms with van der Waals surface area (Å²) in [4.78, 5) is 11.3. The molecule has 0 unspecified atom stereocenters. The van der Waals surface area contributed by atoms with Crippen molar-refractivity contribution in [2.75, 3.05) is 0 Å². The largest absolute Gasteiger partial charge is 0.294 e. The lowest BCUT2D eigenvalue weighted by atomic mass is 9.96. The van der Waals surface area contributed by atoms with E-state index in [0.29, 0.717) is 11.5 Å². The minimum atomic E-state index is 0.148. The zero-order valence-corrected chi connectivity index (χ0v) is 7.14. The van der Waals surface area contributed by atoms with E-state index in [1.54, 1.807) is 6.08 Å². The maximum Gasteiger partial charge on any atom is 0.167 e. The summed E-state index contributed by atoms with van der Waals surface area (Å²) in [5.41, 5.74) is 1.60. The second kappa shape index (κ2) is 2.76. The molecule has 0 spiro atoms. The predicted molar refractivity (Wildman–Crippen MR) is 49.2 cm³/mol. The summed E-state index contributed by atoms with van der Waals surface area (Å²) in [7, 11) is 0. The Morgan fingerprint density at radius 1 is 1.17 bits per heavy atom. The van der Waals surface area contributed by atoms with Gasteiger partial charge in [0.1, 0.15) is 0 Å². The smallest absolute Gasteiger partial charge is 0.167 e. The van der Waals surface area contributed by atoms with Gasteiger partial charge in [-0.1, -0.05) is 41.9 Å². The molecule has 2 rings (SSSR count). The van der Waals surface area contributed by atoms with Crippen LogP contribution in [0, 0.1) is 0 Å². The Bertz CT molecular complexity index is 366. The number of hydrogen-bond acceptors (Lipinski definition) is 1.